The summed E-state index contributed by atoms with van der Waals surface area (Å²) in [6.07, 6.45) is -5.76. The number of aldehydes is 1. The zero-order chi connectivity index (χ0) is 27.5. The molecule has 1 atom stereocenters. The number of hydrogen-bond acceptors (Lipinski definition) is 3. The fourth-order valence-corrected chi connectivity index (χ4v) is 3.43. The Morgan fingerprint density at radius 2 is 1.46 bits per heavy atom. The molecule has 3 aromatic carbocycles. The molecule has 5 nitrogen and oxygen atoms in total. The number of rotatable bonds is 7. The van der Waals surface area contributed by atoms with Crippen molar-refractivity contribution in [3.05, 3.63) is 99.1 Å². The van der Waals surface area contributed by atoms with Gasteiger partial charge in [0.15, 0.2) is 29.6 Å². The van der Waals surface area contributed by atoms with Crippen LogP contribution in [0.3, 0.4) is 0 Å². The molecule has 0 fully saturated rings. The normalized spacial score (nSPS) is 12.1. The third kappa shape index (κ3) is 6.08. The van der Waals surface area contributed by atoms with Gasteiger partial charge in [-0.1, -0.05) is 41.9 Å². The van der Waals surface area contributed by atoms with Crippen LogP contribution >= 0.6 is 11.6 Å². The molecule has 0 aliphatic carbocycles. The Morgan fingerprint density at radius 1 is 0.892 bits per heavy atom. The monoisotopic (exact) mass is 546 g/mol. The van der Waals surface area contributed by atoms with E-state index < -0.39 is 58.6 Å². The smallest absolute Gasteiger partial charge is 0.340 e. The van der Waals surface area contributed by atoms with E-state index in [1.807, 2.05) is 0 Å². The van der Waals surface area contributed by atoms with Crippen molar-refractivity contribution in [2.45, 2.75) is 18.6 Å². The van der Waals surface area contributed by atoms with E-state index >= 15 is 0 Å². The van der Waals surface area contributed by atoms with Gasteiger partial charge in [0.1, 0.15) is 17.3 Å². The summed E-state index contributed by atoms with van der Waals surface area (Å²) in [4.78, 5) is 36.9. The summed E-state index contributed by atoms with van der Waals surface area (Å²) in [5, 5.41) is 4.06. The third-order valence-corrected chi connectivity index (χ3v) is 5.35. The lowest BCUT2D eigenvalue weighted by molar-refractivity contribution is -0.143. The summed E-state index contributed by atoms with van der Waals surface area (Å²) in [6.45, 7) is 0. The van der Waals surface area contributed by atoms with Gasteiger partial charge < -0.3 is 10.6 Å². The van der Waals surface area contributed by atoms with Gasteiger partial charge in [0.25, 0.3) is 5.91 Å². The van der Waals surface area contributed by atoms with Crippen LogP contribution < -0.4 is 10.6 Å². The van der Waals surface area contributed by atoms with Gasteiger partial charge in [-0.05, 0) is 23.8 Å². The van der Waals surface area contributed by atoms with E-state index in [0.717, 1.165) is 0 Å². The van der Waals surface area contributed by atoms with Gasteiger partial charge in [0.2, 0.25) is 5.91 Å². The maximum Gasteiger partial charge on any atom is 0.422 e. The Hall–Kier alpha value is -3.93. The Morgan fingerprint density at radius 3 is 2.00 bits per heavy atom. The van der Waals surface area contributed by atoms with Crippen LogP contribution in [-0.4, -0.2) is 24.1 Å². The van der Waals surface area contributed by atoms with E-state index in [4.69, 9.17) is 11.6 Å². The third-order valence-electron chi connectivity index (χ3n) is 5.10. The zero-order valence-electron chi connectivity index (χ0n) is 18.2. The number of benzene rings is 3. The summed E-state index contributed by atoms with van der Waals surface area (Å²) in [5.74, 6) is -12.9. The zero-order valence-corrected chi connectivity index (χ0v) is 19.0. The molecular formula is C24H14ClF7N2O3. The van der Waals surface area contributed by atoms with Crippen LogP contribution in [0, 0.1) is 23.3 Å². The standard InChI is InChI=1S/C24H14ClF7N2O3/c25-13-7-5-11(6-8-13)9-15(33-22(36)14-4-2-1-3-12(14)10-35)23(37)34-21-19(28)17(26)16(24(30,31)32)18(27)20(21)29/h1-8,10,15H,9H2,(H,33,36)(H,34,37)/t15-/m0/s1. The average molecular weight is 547 g/mol. The first-order valence-electron chi connectivity index (χ1n) is 10.2. The maximum atomic E-state index is 14.3. The minimum atomic E-state index is -5.77. The lowest BCUT2D eigenvalue weighted by Gasteiger charge is -2.20. The van der Waals surface area contributed by atoms with Crippen molar-refractivity contribution in [1.29, 1.82) is 0 Å². The lowest BCUT2D eigenvalue weighted by atomic mass is 10.0. The highest BCUT2D eigenvalue weighted by Gasteiger charge is 2.42. The first-order chi connectivity index (χ1) is 17.3. The highest BCUT2D eigenvalue weighted by Crippen LogP contribution is 2.38. The van der Waals surface area contributed by atoms with Crippen LogP contribution in [0.1, 0.15) is 31.8 Å². The van der Waals surface area contributed by atoms with Gasteiger partial charge in [0.05, 0.1) is 0 Å². The summed E-state index contributed by atoms with van der Waals surface area (Å²) >= 11 is 5.81. The van der Waals surface area contributed by atoms with Gasteiger partial charge in [-0.15, -0.1) is 0 Å². The number of nitrogens with one attached hydrogen (secondary N) is 2. The molecule has 0 aromatic heterocycles. The molecule has 194 valence electrons. The van der Waals surface area contributed by atoms with Crippen molar-refractivity contribution >= 4 is 35.4 Å². The molecule has 0 saturated heterocycles. The van der Waals surface area contributed by atoms with E-state index in [2.05, 4.69) is 5.32 Å². The predicted molar refractivity (Wildman–Crippen MR) is 118 cm³/mol. The number of carbonyl (C=O) groups excluding carboxylic acids is 3. The van der Waals surface area contributed by atoms with Gasteiger partial charge in [-0.3, -0.25) is 14.4 Å². The molecule has 2 amide bonds. The molecule has 0 saturated carbocycles. The predicted octanol–water partition coefficient (Wildman–Crippen LogP) is 5.71. The number of amides is 2. The van der Waals surface area contributed by atoms with E-state index in [1.165, 1.54) is 53.8 Å². The maximum absolute atomic E-state index is 14.3. The first kappa shape index (κ1) is 27.7. The highest BCUT2D eigenvalue weighted by atomic mass is 35.5. The van der Waals surface area contributed by atoms with Crippen LogP contribution in [0.25, 0.3) is 0 Å². The van der Waals surface area contributed by atoms with Gasteiger partial charge in [-0.25, -0.2) is 17.6 Å². The molecule has 0 bridgehead atoms. The van der Waals surface area contributed by atoms with Gasteiger partial charge >= 0.3 is 6.18 Å². The van der Waals surface area contributed by atoms with E-state index in [9.17, 15) is 45.1 Å². The second kappa shape index (κ2) is 11.0. The number of carbonyl (C=O) groups is 3. The molecule has 0 radical (unpaired) electrons. The fraction of sp³-hybridized carbons (Fsp3) is 0.125. The molecule has 2 N–H and O–H groups in total. The topological polar surface area (TPSA) is 75.3 Å². The molecule has 0 unspecified atom stereocenters. The summed E-state index contributed by atoms with van der Waals surface area (Å²) < 4.78 is 95.1. The minimum absolute atomic E-state index is 0.0605. The van der Waals surface area contributed by atoms with Gasteiger partial charge in [0, 0.05) is 22.6 Å². The van der Waals surface area contributed by atoms with Crippen molar-refractivity contribution in [3.63, 3.8) is 0 Å². The van der Waals surface area contributed by atoms with Gasteiger partial charge in [-0.2, -0.15) is 13.2 Å². The molecule has 3 rings (SSSR count). The van der Waals surface area contributed by atoms with Crippen LogP contribution in [0.5, 0.6) is 0 Å². The molecule has 0 aliphatic heterocycles. The number of halogens is 8. The van der Waals surface area contributed by atoms with E-state index in [-0.39, 0.29) is 17.5 Å². The van der Waals surface area contributed by atoms with Crippen molar-refractivity contribution in [3.8, 4) is 0 Å². The average Bonchev–Trinajstić information content (AvgIpc) is 2.85. The van der Waals surface area contributed by atoms with Crippen LogP contribution in [0.4, 0.5) is 36.4 Å². The van der Waals surface area contributed by atoms with Crippen LogP contribution in [0.15, 0.2) is 48.5 Å². The fourth-order valence-electron chi connectivity index (χ4n) is 3.31. The second-order valence-corrected chi connectivity index (χ2v) is 7.99. The number of alkyl halides is 3. The molecule has 3 aromatic rings. The lowest BCUT2D eigenvalue weighted by Crippen LogP contribution is -2.45. The Labute approximate surface area is 209 Å². The molecule has 0 aliphatic rings. The van der Waals surface area contributed by atoms with Crippen molar-refractivity contribution in [1.82, 2.24) is 5.32 Å². The van der Waals surface area contributed by atoms with E-state index in [1.54, 1.807) is 0 Å². The summed E-state index contributed by atoms with van der Waals surface area (Å²) in [7, 11) is 0. The van der Waals surface area contributed by atoms with Crippen LogP contribution in [-0.2, 0) is 17.4 Å². The van der Waals surface area contributed by atoms with Crippen molar-refractivity contribution in [2.24, 2.45) is 0 Å². The highest BCUT2D eigenvalue weighted by molar-refractivity contribution is 6.30. The van der Waals surface area contributed by atoms with Crippen LogP contribution in [0.2, 0.25) is 5.02 Å². The summed E-state index contributed by atoms with van der Waals surface area (Å²) in [5.41, 5.74) is -4.50. The Balaban J connectivity index is 1.99. The largest absolute Gasteiger partial charge is 0.422 e. The van der Waals surface area contributed by atoms with E-state index in [0.29, 0.717) is 16.9 Å². The first-order valence-corrected chi connectivity index (χ1v) is 10.6. The number of anilines is 1. The molecule has 0 heterocycles. The van der Waals surface area contributed by atoms with Crippen molar-refractivity contribution < 1.29 is 45.1 Å². The molecular weight excluding hydrogens is 533 g/mol. The Bertz CT molecular complexity index is 1330. The quantitative estimate of drug-likeness (QED) is 0.227. The van der Waals surface area contributed by atoms with Crippen molar-refractivity contribution in [2.75, 3.05) is 5.32 Å². The number of hydrogen-bond donors (Lipinski definition) is 2. The molecule has 13 heteroatoms. The SMILES string of the molecule is O=Cc1ccccc1C(=O)N[C@@H](Cc1ccc(Cl)cc1)C(=O)Nc1c(F)c(F)c(C(F)(F)F)c(F)c1F. The molecule has 0 spiro atoms. The summed E-state index contributed by atoms with van der Waals surface area (Å²) in [6, 6.07) is 9.46. The molecule has 37 heavy (non-hydrogen) atoms. The Kier molecular flexibility index (Phi) is 8.22. The second-order valence-electron chi connectivity index (χ2n) is 7.55. The minimum Gasteiger partial charge on any atom is -0.340 e.